The molecule has 0 bridgehead atoms. The normalized spacial score (nSPS) is 3.91. The quantitative estimate of drug-likeness (QED) is 0.437. The van der Waals surface area contributed by atoms with Crippen LogP contribution in [0.25, 0.3) is 0 Å². The summed E-state index contributed by atoms with van der Waals surface area (Å²) in [4.78, 5) is 8.81. The van der Waals surface area contributed by atoms with Crippen molar-refractivity contribution in [2.24, 2.45) is 11.5 Å². The van der Waals surface area contributed by atoms with Gasteiger partial charge in [-0.3, -0.25) is 0 Å². The monoisotopic (exact) mass is 167 g/mol. The van der Waals surface area contributed by atoms with Gasteiger partial charge in [0.25, 0.3) is 0 Å². The van der Waals surface area contributed by atoms with Crippen molar-refractivity contribution in [2.45, 2.75) is 14.4 Å². The zero-order valence-electron chi connectivity index (χ0n) is 7.64. The van der Waals surface area contributed by atoms with Gasteiger partial charge in [0.1, 0.15) is 6.29 Å². The van der Waals surface area contributed by atoms with Crippen LogP contribution in [0.2, 0.25) is 0 Å². The van der Waals surface area contributed by atoms with E-state index in [-0.39, 0.29) is 7.43 Å². The molecular weight excluding hydrogens is 142 g/mol. The Morgan fingerprint density at radius 3 is 1.09 bits per heavy atom. The van der Waals surface area contributed by atoms with E-state index >= 15 is 0 Å². The van der Waals surface area contributed by atoms with Gasteiger partial charge in [-0.25, -0.2) is 0 Å². The molecule has 0 saturated carbocycles. The first kappa shape index (κ1) is 31.2. The molecular formula is C7H25N3O. The molecule has 0 aromatic carbocycles. The van der Waals surface area contributed by atoms with Gasteiger partial charge in [0.05, 0.1) is 0 Å². The number of carbonyl (C=O) groups excluding carboxylic acids is 1. The first-order valence-electron chi connectivity index (χ1n) is 2.97. The van der Waals surface area contributed by atoms with Gasteiger partial charge in [-0.2, -0.15) is 0 Å². The van der Waals surface area contributed by atoms with Crippen LogP contribution in [-0.4, -0.2) is 34.5 Å². The zero-order valence-corrected chi connectivity index (χ0v) is 7.64. The summed E-state index contributed by atoms with van der Waals surface area (Å²) in [5.74, 6) is 0. The minimum Gasteiger partial charge on any atom is -0.333 e. The second-order valence-electron chi connectivity index (χ2n) is 0.736. The van der Waals surface area contributed by atoms with Crippen LogP contribution in [0.4, 0.5) is 0 Å². The van der Waals surface area contributed by atoms with Crippen LogP contribution in [0.5, 0.6) is 0 Å². The summed E-state index contributed by atoms with van der Waals surface area (Å²) >= 11 is 0. The summed E-state index contributed by atoms with van der Waals surface area (Å²) in [6.45, 7) is 1.44. The standard InChI is InChI=1S/C2H7N.C2H4O.2CH5N.CH4/c1-3-2;1-2-3;2*1-2;/h3H,1-2H3;2H,1H3;2*2H2,1H3;1H4. The van der Waals surface area contributed by atoms with Crippen molar-refractivity contribution in [3.63, 3.8) is 0 Å². The SMILES string of the molecule is C.CC=O.CN.CN.CNC. The van der Waals surface area contributed by atoms with Crippen LogP contribution in [-0.2, 0) is 4.79 Å². The van der Waals surface area contributed by atoms with Crippen LogP contribution in [0, 0.1) is 0 Å². The molecule has 0 unspecified atom stereocenters. The van der Waals surface area contributed by atoms with E-state index in [1.807, 2.05) is 14.1 Å². The first-order valence-corrected chi connectivity index (χ1v) is 2.97. The summed E-state index contributed by atoms with van der Waals surface area (Å²) in [5, 5.41) is 2.75. The molecule has 0 amide bonds. The van der Waals surface area contributed by atoms with E-state index in [1.54, 1.807) is 0 Å². The fraction of sp³-hybridized carbons (Fsp3) is 0.857. The molecule has 0 fully saturated rings. The van der Waals surface area contributed by atoms with Crippen LogP contribution < -0.4 is 16.8 Å². The summed E-state index contributed by atoms with van der Waals surface area (Å²) in [7, 11) is 6.75. The van der Waals surface area contributed by atoms with E-state index in [4.69, 9.17) is 4.79 Å². The number of aldehydes is 1. The summed E-state index contributed by atoms with van der Waals surface area (Å²) in [5.41, 5.74) is 9.00. The van der Waals surface area contributed by atoms with Crippen LogP contribution in [0.3, 0.4) is 0 Å². The van der Waals surface area contributed by atoms with Gasteiger partial charge in [0.2, 0.25) is 0 Å². The number of rotatable bonds is 0. The average Bonchev–Trinajstić information content (AvgIpc) is 1.99. The largest absolute Gasteiger partial charge is 0.333 e. The molecule has 0 heterocycles. The van der Waals surface area contributed by atoms with Gasteiger partial charge in [0, 0.05) is 0 Å². The summed E-state index contributed by atoms with van der Waals surface area (Å²) < 4.78 is 0. The van der Waals surface area contributed by atoms with Crippen molar-refractivity contribution in [1.82, 2.24) is 5.32 Å². The maximum absolute atomic E-state index is 8.81. The predicted molar refractivity (Wildman–Crippen MR) is 53.7 cm³/mol. The lowest BCUT2D eigenvalue weighted by Crippen LogP contribution is -1.89. The Morgan fingerprint density at radius 2 is 1.09 bits per heavy atom. The molecule has 0 spiro atoms. The fourth-order valence-corrected chi connectivity index (χ4v) is 0. The summed E-state index contributed by atoms with van der Waals surface area (Å²) in [6.07, 6.45) is 0.750. The van der Waals surface area contributed by atoms with E-state index in [1.165, 1.54) is 21.0 Å². The second kappa shape index (κ2) is 291. The molecule has 0 aliphatic rings. The predicted octanol–water partition coefficient (Wildman–Crippen LogP) is -0.173. The lowest BCUT2D eigenvalue weighted by Gasteiger charge is -1.59. The Hall–Kier alpha value is -0.450. The third kappa shape index (κ3) is 2690. The number of carbonyl (C=O) groups is 1. The molecule has 0 saturated heterocycles. The maximum atomic E-state index is 8.81. The van der Waals surface area contributed by atoms with Crippen molar-refractivity contribution in [2.75, 3.05) is 28.2 Å². The van der Waals surface area contributed by atoms with Crippen molar-refractivity contribution in [3.05, 3.63) is 0 Å². The highest BCUT2D eigenvalue weighted by molar-refractivity contribution is 5.44. The molecule has 11 heavy (non-hydrogen) atoms. The number of hydrogen-bond acceptors (Lipinski definition) is 4. The second-order valence-corrected chi connectivity index (χ2v) is 0.736. The molecule has 0 rings (SSSR count). The Kier molecular flexibility index (Phi) is 825. The molecule has 0 aliphatic carbocycles. The van der Waals surface area contributed by atoms with Crippen molar-refractivity contribution >= 4 is 6.29 Å². The molecule has 5 N–H and O–H groups in total. The molecule has 0 atom stereocenters. The van der Waals surface area contributed by atoms with Gasteiger partial charge >= 0.3 is 0 Å². The smallest absolute Gasteiger partial charge is 0.116 e. The lowest BCUT2D eigenvalue weighted by molar-refractivity contribution is -0.106. The fourth-order valence-electron chi connectivity index (χ4n) is 0. The Bertz CT molecular complexity index is 27.6. The summed E-state index contributed by atoms with van der Waals surface area (Å²) in [6, 6.07) is 0. The van der Waals surface area contributed by atoms with Crippen molar-refractivity contribution in [1.29, 1.82) is 0 Å². The molecule has 0 radical (unpaired) electrons. The van der Waals surface area contributed by atoms with Gasteiger partial charge in [0.15, 0.2) is 0 Å². The highest BCUT2D eigenvalue weighted by atomic mass is 16.1. The molecule has 0 aliphatic heterocycles. The number of nitrogens with two attached hydrogens (primary N) is 2. The molecule has 4 heteroatoms. The third-order valence-electron chi connectivity index (χ3n) is 0. The lowest BCUT2D eigenvalue weighted by atomic mass is 11.0. The number of hydrogen-bond donors (Lipinski definition) is 3. The third-order valence-corrected chi connectivity index (χ3v) is 0. The van der Waals surface area contributed by atoms with E-state index < -0.39 is 0 Å². The Balaban J connectivity index is -0.0000000144. The van der Waals surface area contributed by atoms with Gasteiger partial charge in [-0.1, -0.05) is 7.43 Å². The first-order chi connectivity index (χ1) is 4.83. The van der Waals surface area contributed by atoms with Crippen LogP contribution in [0.1, 0.15) is 14.4 Å². The van der Waals surface area contributed by atoms with Crippen molar-refractivity contribution in [3.8, 4) is 0 Å². The molecule has 74 valence electrons. The Morgan fingerprint density at radius 1 is 1.09 bits per heavy atom. The Labute approximate surface area is 71.3 Å². The zero-order chi connectivity index (χ0) is 9.41. The van der Waals surface area contributed by atoms with E-state index in [0.717, 1.165) is 6.29 Å². The molecule has 0 aromatic heterocycles. The maximum Gasteiger partial charge on any atom is 0.116 e. The average molecular weight is 167 g/mol. The van der Waals surface area contributed by atoms with Crippen LogP contribution >= 0.6 is 0 Å². The molecule has 4 nitrogen and oxygen atoms in total. The van der Waals surface area contributed by atoms with E-state index in [2.05, 4.69) is 16.8 Å². The topological polar surface area (TPSA) is 81.1 Å². The molecule has 0 aromatic rings. The highest BCUT2D eigenvalue weighted by Crippen LogP contribution is 1.13. The van der Waals surface area contributed by atoms with Gasteiger partial charge in [-0.15, -0.1) is 0 Å². The minimum atomic E-state index is 0. The van der Waals surface area contributed by atoms with Gasteiger partial charge < -0.3 is 21.6 Å². The minimum absolute atomic E-state index is 0. The van der Waals surface area contributed by atoms with Crippen molar-refractivity contribution < 1.29 is 4.79 Å². The van der Waals surface area contributed by atoms with E-state index in [9.17, 15) is 0 Å². The van der Waals surface area contributed by atoms with E-state index in [0.29, 0.717) is 0 Å². The number of nitrogens with one attached hydrogen (secondary N) is 1. The van der Waals surface area contributed by atoms with Crippen LogP contribution in [0.15, 0.2) is 0 Å². The highest BCUT2D eigenvalue weighted by Gasteiger charge is 1.25. The van der Waals surface area contributed by atoms with Gasteiger partial charge in [-0.05, 0) is 35.1 Å².